The molecule has 0 radical (unpaired) electrons. The van der Waals surface area contributed by atoms with Gasteiger partial charge in [0.2, 0.25) is 0 Å². The maximum Gasteiger partial charge on any atom is 0.160 e. The lowest BCUT2D eigenvalue weighted by molar-refractivity contribution is 0.109. The highest BCUT2D eigenvalue weighted by Gasteiger charge is 2.18. The highest BCUT2D eigenvalue weighted by atomic mass is 16.5. The molecule has 1 fully saturated rings. The molecule has 1 unspecified atom stereocenters. The predicted molar refractivity (Wildman–Crippen MR) is 55.7 cm³/mol. The first-order valence-corrected chi connectivity index (χ1v) is 5.34. The molecule has 0 aliphatic carbocycles. The van der Waals surface area contributed by atoms with Crippen molar-refractivity contribution in [2.75, 3.05) is 6.61 Å². The molecule has 2 aromatic rings. The summed E-state index contributed by atoms with van der Waals surface area (Å²) in [6.45, 7) is 0.890. The van der Waals surface area contributed by atoms with Gasteiger partial charge in [-0.05, 0) is 25.0 Å². The quantitative estimate of drug-likeness (QED) is 0.741. The highest BCUT2D eigenvalue weighted by Crippen LogP contribution is 2.16. The lowest BCUT2D eigenvalue weighted by Crippen LogP contribution is -2.11. The predicted octanol–water partition coefficient (Wildman–Crippen LogP) is 1.45. The number of rotatable bonds is 2. The molecular weight excluding hydrogens is 190 g/mol. The highest BCUT2D eigenvalue weighted by molar-refractivity contribution is 5.37. The molecule has 0 saturated carbocycles. The molecule has 15 heavy (non-hydrogen) atoms. The molecule has 4 nitrogen and oxygen atoms in total. The Hall–Kier alpha value is -1.42. The summed E-state index contributed by atoms with van der Waals surface area (Å²) in [5.74, 6) is 0.998. The van der Waals surface area contributed by atoms with Gasteiger partial charge in [-0.25, -0.2) is 0 Å². The largest absolute Gasteiger partial charge is 0.378 e. The SMILES string of the molecule is c1ccn2c(CC3CCCO3)nnc2c1. The fraction of sp³-hybridized carbons (Fsp3) is 0.455. The van der Waals surface area contributed by atoms with E-state index in [-0.39, 0.29) is 0 Å². The van der Waals surface area contributed by atoms with Crippen molar-refractivity contribution in [1.82, 2.24) is 14.6 Å². The molecule has 0 N–H and O–H groups in total. The first-order chi connectivity index (χ1) is 7.43. The third kappa shape index (κ3) is 1.61. The number of ether oxygens (including phenoxy) is 1. The van der Waals surface area contributed by atoms with E-state index in [9.17, 15) is 0 Å². The molecule has 1 aliphatic heterocycles. The zero-order valence-corrected chi connectivity index (χ0v) is 8.47. The zero-order valence-electron chi connectivity index (χ0n) is 8.47. The Morgan fingerprint density at radius 1 is 1.40 bits per heavy atom. The van der Waals surface area contributed by atoms with Gasteiger partial charge in [0.25, 0.3) is 0 Å². The Morgan fingerprint density at radius 2 is 2.40 bits per heavy atom. The molecule has 0 bridgehead atoms. The van der Waals surface area contributed by atoms with Crippen LogP contribution in [0.3, 0.4) is 0 Å². The van der Waals surface area contributed by atoms with Gasteiger partial charge in [-0.3, -0.25) is 4.40 Å². The van der Waals surface area contributed by atoms with Gasteiger partial charge in [-0.2, -0.15) is 0 Å². The van der Waals surface area contributed by atoms with E-state index in [0.29, 0.717) is 6.10 Å². The van der Waals surface area contributed by atoms with Crippen LogP contribution in [0.5, 0.6) is 0 Å². The molecule has 2 aromatic heterocycles. The van der Waals surface area contributed by atoms with Crippen molar-refractivity contribution in [1.29, 1.82) is 0 Å². The third-order valence-corrected chi connectivity index (χ3v) is 2.82. The van der Waals surface area contributed by atoms with Gasteiger partial charge in [0, 0.05) is 19.2 Å². The number of pyridine rings is 1. The van der Waals surface area contributed by atoms with Crippen LogP contribution in [0.4, 0.5) is 0 Å². The summed E-state index contributed by atoms with van der Waals surface area (Å²) in [5, 5.41) is 8.31. The minimum atomic E-state index is 0.331. The molecule has 0 spiro atoms. The molecule has 0 aromatic carbocycles. The van der Waals surface area contributed by atoms with Gasteiger partial charge in [0.05, 0.1) is 6.10 Å². The standard InChI is InChI=1S/C11H13N3O/c1-2-6-14-10(5-1)12-13-11(14)8-9-4-3-7-15-9/h1-2,5-6,9H,3-4,7-8H2. The van der Waals surface area contributed by atoms with Crippen molar-refractivity contribution < 1.29 is 4.74 Å². The summed E-state index contributed by atoms with van der Waals surface area (Å²) < 4.78 is 7.62. The van der Waals surface area contributed by atoms with Gasteiger partial charge < -0.3 is 4.74 Å². The summed E-state index contributed by atoms with van der Waals surface area (Å²) in [5.41, 5.74) is 0.908. The monoisotopic (exact) mass is 203 g/mol. The first kappa shape index (κ1) is 8.85. The molecular formula is C11H13N3O. The molecule has 3 heterocycles. The number of fused-ring (bicyclic) bond motifs is 1. The lowest BCUT2D eigenvalue weighted by atomic mass is 10.2. The van der Waals surface area contributed by atoms with Gasteiger partial charge in [0.15, 0.2) is 5.65 Å². The van der Waals surface area contributed by atoms with Crippen LogP contribution in [0, 0.1) is 0 Å². The van der Waals surface area contributed by atoms with Crippen LogP contribution in [-0.4, -0.2) is 27.3 Å². The van der Waals surface area contributed by atoms with Crippen molar-refractivity contribution in [2.24, 2.45) is 0 Å². The number of nitrogens with zero attached hydrogens (tertiary/aromatic N) is 3. The smallest absolute Gasteiger partial charge is 0.160 e. The molecule has 78 valence electrons. The van der Waals surface area contributed by atoms with E-state index in [1.807, 2.05) is 28.8 Å². The van der Waals surface area contributed by atoms with Gasteiger partial charge in [-0.1, -0.05) is 6.07 Å². The van der Waals surface area contributed by atoms with Gasteiger partial charge in [-0.15, -0.1) is 10.2 Å². The summed E-state index contributed by atoms with van der Waals surface area (Å²) in [6.07, 6.45) is 5.51. The van der Waals surface area contributed by atoms with Crippen LogP contribution >= 0.6 is 0 Å². The number of aromatic nitrogens is 3. The Bertz CT molecular complexity index is 460. The maximum atomic E-state index is 5.59. The van der Waals surface area contributed by atoms with Crippen LogP contribution in [-0.2, 0) is 11.2 Å². The minimum absolute atomic E-state index is 0.331. The van der Waals surface area contributed by atoms with E-state index in [1.54, 1.807) is 0 Å². The van der Waals surface area contributed by atoms with E-state index in [0.717, 1.165) is 30.9 Å². The Balaban J connectivity index is 1.90. The van der Waals surface area contributed by atoms with Gasteiger partial charge >= 0.3 is 0 Å². The van der Waals surface area contributed by atoms with E-state index < -0.39 is 0 Å². The minimum Gasteiger partial charge on any atom is -0.378 e. The van der Waals surface area contributed by atoms with Crippen LogP contribution in [0.2, 0.25) is 0 Å². The lowest BCUT2D eigenvalue weighted by Gasteiger charge is -2.06. The van der Waals surface area contributed by atoms with Crippen molar-refractivity contribution >= 4 is 5.65 Å². The second kappa shape index (κ2) is 3.62. The van der Waals surface area contributed by atoms with Crippen molar-refractivity contribution in [3.8, 4) is 0 Å². The zero-order chi connectivity index (χ0) is 10.1. The maximum absolute atomic E-state index is 5.59. The van der Waals surface area contributed by atoms with E-state index in [2.05, 4.69) is 10.2 Å². The molecule has 1 saturated heterocycles. The van der Waals surface area contributed by atoms with E-state index in [4.69, 9.17) is 4.74 Å². The molecule has 0 amide bonds. The van der Waals surface area contributed by atoms with Crippen LogP contribution in [0.1, 0.15) is 18.7 Å². The fourth-order valence-electron chi connectivity index (χ4n) is 2.04. The van der Waals surface area contributed by atoms with Crippen LogP contribution in [0.25, 0.3) is 5.65 Å². The summed E-state index contributed by atoms with van der Waals surface area (Å²) in [6, 6.07) is 5.93. The average Bonchev–Trinajstić information content (AvgIpc) is 2.89. The van der Waals surface area contributed by atoms with Crippen molar-refractivity contribution in [3.05, 3.63) is 30.2 Å². The number of hydrogen-bond acceptors (Lipinski definition) is 3. The summed E-state index contributed by atoms with van der Waals surface area (Å²) >= 11 is 0. The number of hydrogen-bond donors (Lipinski definition) is 0. The summed E-state index contributed by atoms with van der Waals surface area (Å²) in [7, 11) is 0. The normalized spacial score (nSPS) is 21.2. The van der Waals surface area contributed by atoms with E-state index >= 15 is 0 Å². The van der Waals surface area contributed by atoms with Crippen LogP contribution < -0.4 is 0 Å². The first-order valence-electron chi connectivity index (χ1n) is 5.34. The second-order valence-electron chi connectivity index (χ2n) is 3.88. The molecule has 4 heteroatoms. The van der Waals surface area contributed by atoms with Crippen molar-refractivity contribution in [2.45, 2.75) is 25.4 Å². The topological polar surface area (TPSA) is 39.4 Å². The second-order valence-corrected chi connectivity index (χ2v) is 3.88. The third-order valence-electron chi connectivity index (χ3n) is 2.82. The molecule has 3 rings (SSSR count). The molecule has 1 atom stereocenters. The Labute approximate surface area is 87.9 Å². The fourth-order valence-corrected chi connectivity index (χ4v) is 2.04. The van der Waals surface area contributed by atoms with Crippen molar-refractivity contribution in [3.63, 3.8) is 0 Å². The summed E-state index contributed by atoms with van der Waals surface area (Å²) in [4.78, 5) is 0. The van der Waals surface area contributed by atoms with Crippen LogP contribution in [0.15, 0.2) is 24.4 Å². The molecule has 1 aliphatic rings. The average molecular weight is 203 g/mol. The van der Waals surface area contributed by atoms with E-state index in [1.165, 1.54) is 6.42 Å². The van der Waals surface area contributed by atoms with Gasteiger partial charge in [0.1, 0.15) is 5.82 Å². The Morgan fingerprint density at radius 3 is 3.27 bits per heavy atom. The Kier molecular flexibility index (Phi) is 2.14.